The van der Waals surface area contributed by atoms with Gasteiger partial charge in [-0.2, -0.15) is 13.2 Å². The molecule has 0 atom stereocenters. The number of pyridine rings is 1. The normalized spacial score (nSPS) is 11.7. The molecular formula is C7H6F3NO2. The molecule has 1 heterocycles. The van der Waals surface area contributed by atoms with Crippen LogP contribution in [0, 0.1) is 0 Å². The molecule has 0 spiro atoms. The predicted molar refractivity (Wildman–Crippen MR) is 36.8 cm³/mol. The minimum Gasteiger partial charge on any atom is -0.506 e. The van der Waals surface area contributed by atoms with Crippen molar-refractivity contribution in [3.63, 3.8) is 0 Å². The van der Waals surface area contributed by atoms with Crippen LogP contribution in [0.1, 0.15) is 11.1 Å². The van der Waals surface area contributed by atoms with Gasteiger partial charge in [0, 0.05) is 11.8 Å². The summed E-state index contributed by atoms with van der Waals surface area (Å²) in [6.07, 6.45) is -3.13. The van der Waals surface area contributed by atoms with Gasteiger partial charge in [0.1, 0.15) is 11.3 Å². The second-order valence-electron chi connectivity index (χ2n) is 2.35. The largest absolute Gasteiger partial charge is 0.506 e. The fourth-order valence-corrected chi connectivity index (χ4v) is 0.939. The molecule has 2 N–H and O–H groups in total. The van der Waals surface area contributed by atoms with Crippen LogP contribution in [-0.2, 0) is 12.8 Å². The van der Waals surface area contributed by atoms with Crippen molar-refractivity contribution >= 4 is 0 Å². The van der Waals surface area contributed by atoms with Crippen LogP contribution < -0.4 is 0 Å². The third-order valence-corrected chi connectivity index (χ3v) is 1.46. The van der Waals surface area contributed by atoms with Crippen molar-refractivity contribution in [2.24, 2.45) is 0 Å². The van der Waals surface area contributed by atoms with Crippen molar-refractivity contribution in [1.82, 2.24) is 4.98 Å². The molecule has 0 saturated heterocycles. The molecule has 0 aromatic carbocycles. The van der Waals surface area contributed by atoms with E-state index in [0.29, 0.717) is 6.20 Å². The Kier molecular flexibility index (Phi) is 2.42. The molecule has 13 heavy (non-hydrogen) atoms. The lowest BCUT2D eigenvalue weighted by molar-refractivity contribution is -0.139. The maximum atomic E-state index is 12.2. The number of aliphatic hydroxyl groups is 1. The molecule has 72 valence electrons. The molecule has 0 saturated carbocycles. The molecule has 1 aromatic rings. The van der Waals surface area contributed by atoms with Crippen LogP contribution in [0.3, 0.4) is 0 Å². The van der Waals surface area contributed by atoms with Gasteiger partial charge in [0.2, 0.25) is 0 Å². The number of aliphatic hydroxyl groups excluding tert-OH is 1. The van der Waals surface area contributed by atoms with Gasteiger partial charge in [0.05, 0.1) is 12.8 Å². The quantitative estimate of drug-likeness (QED) is 0.706. The molecule has 3 nitrogen and oxygen atoms in total. The van der Waals surface area contributed by atoms with E-state index in [-0.39, 0.29) is 0 Å². The summed E-state index contributed by atoms with van der Waals surface area (Å²) in [6.45, 7) is -0.809. The summed E-state index contributed by atoms with van der Waals surface area (Å²) in [4.78, 5) is 3.32. The minimum atomic E-state index is -4.68. The number of halogens is 3. The molecule has 1 rings (SSSR count). The van der Waals surface area contributed by atoms with E-state index in [9.17, 15) is 13.2 Å². The Balaban J connectivity index is 3.32. The average molecular weight is 193 g/mol. The van der Waals surface area contributed by atoms with Gasteiger partial charge in [-0.3, -0.25) is 4.98 Å². The van der Waals surface area contributed by atoms with Crippen molar-refractivity contribution < 1.29 is 23.4 Å². The van der Waals surface area contributed by atoms with Gasteiger partial charge in [-0.05, 0) is 0 Å². The van der Waals surface area contributed by atoms with Gasteiger partial charge in [0.15, 0.2) is 0 Å². The molecule has 0 unspecified atom stereocenters. The number of aromatic nitrogens is 1. The van der Waals surface area contributed by atoms with Crippen LogP contribution in [0.25, 0.3) is 0 Å². The van der Waals surface area contributed by atoms with Crippen molar-refractivity contribution in [2.45, 2.75) is 12.8 Å². The SMILES string of the molecule is OCc1cncc(O)c1C(F)(F)F. The first kappa shape index (κ1) is 9.79. The van der Waals surface area contributed by atoms with Crippen molar-refractivity contribution in [3.8, 4) is 5.75 Å². The highest BCUT2D eigenvalue weighted by Crippen LogP contribution is 2.37. The van der Waals surface area contributed by atoms with Crippen LogP contribution in [-0.4, -0.2) is 15.2 Å². The summed E-state index contributed by atoms with van der Waals surface area (Å²) in [7, 11) is 0. The number of hydrogen-bond acceptors (Lipinski definition) is 3. The fourth-order valence-electron chi connectivity index (χ4n) is 0.939. The Morgan fingerprint density at radius 2 is 1.92 bits per heavy atom. The molecular weight excluding hydrogens is 187 g/mol. The monoisotopic (exact) mass is 193 g/mol. The predicted octanol–water partition coefficient (Wildman–Crippen LogP) is 1.30. The number of aromatic hydroxyl groups is 1. The number of hydrogen-bond donors (Lipinski definition) is 2. The smallest absolute Gasteiger partial charge is 0.420 e. The van der Waals surface area contributed by atoms with Crippen LogP contribution in [0.5, 0.6) is 5.75 Å². The Labute approximate surface area is 71.5 Å². The van der Waals surface area contributed by atoms with E-state index in [2.05, 4.69) is 4.98 Å². The second-order valence-corrected chi connectivity index (χ2v) is 2.35. The summed E-state index contributed by atoms with van der Waals surface area (Å²) in [5, 5.41) is 17.4. The fraction of sp³-hybridized carbons (Fsp3) is 0.286. The van der Waals surface area contributed by atoms with E-state index in [1.165, 1.54) is 0 Å². The minimum absolute atomic E-state index is 0.437. The number of alkyl halides is 3. The van der Waals surface area contributed by atoms with Crippen LogP contribution in [0.15, 0.2) is 12.4 Å². The number of nitrogens with zero attached hydrogens (tertiary/aromatic N) is 1. The molecule has 0 aliphatic heterocycles. The van der Waals surface area contributed by atoms with Crippen LogP contribution >= 0.6 is 0 Å². The van der Waals surface area contributed by atoms with E-state index in [1.807, 2.05) is 0 Å². The summed E-state index contributed by atoms with van der Waals surface area (Å²) >= 11 is 0. The van der Waals surface area contributed by atoms with Crippen LogP contribution in [0.4, 0.5) is 13.2 Å². The van der Waals surface area contributed by atoms with Crippen LogP contribution in [0.2, 0.25) is 0 Å². The zero-order valence-electron chi connectivity index (χ0n) is 6.34. The molecule has 0 radical (unpaired) electrons. The van der Waals surface area contributed by atoms with E-state index >= 15 is 0 Å². The van der Waals surface area contributed by atoms with E-state index < -0.39 is 29.7 Å². The highest BCUT2D eigenvalue weighted by Gasteiger charge is 2.36. The third-order valence-electron chi connectivity index (χ3n) is 1.46. The highest BCUT2D eigenvalue weighted by molar-refractivity contribution is 5.37. The molecule has 0 aliphatic carbocycles. The zero-order valence-corrected chi connectivity index (χ0v) is 6.34. The maximum Gasteiger partial charge on any atom is 0.420 e. The Morgan fingerprint density at radius 1 is 1.31 bits per heavy atom. The Hall–Kier alpha value is -1.30. The topological polar surface area (TPSA) is 53.4 Å². The maximum absolute atomic E-state index is 12.2. The number of rotatable bonds is 1. The van der Waals surface area contributed by atoms with E-state index in [0.717, 1.165) is 6.20 Å². The molecule has 0 bridgehead atoms. The average Bonchev–Trinajstić information content (AvgIpc) is 2.01. The first-order valence-corrected chi connectivity index (χ1v) is 3.30. The molecule has 0 fully saturated rings. The molecule has 0 aliphatic rings. The van der Waals surface area contributed by atoms with Gasteiger partial charge in [0.25, 0.3) is 0 Å². The lowest BCUT2D eigenvalue weighted by atomic mass is 10.1. The van der Waals surface area contributed by atoms with Gasteiger partial charge >= 0.3 is 6.18 Å². The summed E-state index contributed by atoms with van der Waals surface area (Å²) < 4.78 is 36.6. The van der Waals surface area contributed by atoms with E-state index in [1.54, 1.807) is 0 Å². The van der Waals surface area contributed by atoms with Gasteiger partial charge in [-0.25, -0.2) is 0 Å². The lowest BCUT2D eigenvalue weighted by Crippen LogP contribution is -2.10. The molecule has 0 amide bonds. The summed E-state index contributed by atoms with van der Waals surface area (Å²) in [5.41, 5.74) is -1.67. The molecule has 6 heteroatoms. The Bertz CT molecular complexity index is 311. The second kappa shape index (κ2) is 3.21. The standard InChI is InChI=1S/C7H6F3NO2/c8-7(9,10)6-4(3-12)1-11-2-5(6)13/h1-2,12-13H,3H2. The summed E-state index contributed by atoms with van der Waals surface area (Å²) in [6, 6.07) is 0. The van der Waals surface area contributed by atoms with Gasteiger partial charge in [-0.15, -0.1) is 0 Å². The summed E-state index contributed by atoms with van der Waals surface area (Å²) in [5.74, 6) is -0.973. The van der Waals surface area contributed by atoms with Crippen molar-refractivity contribution in [1.29, 1.82) is 0 Å². The zero-order chi connectivity index (χ0) is 10.1. The molecule has 1 aromatic heterocycles. The lowest BCUT2D eigenvalue weighted by Gasteiger charge is -2.11. The van der Waals surface area contributed by atoms with Crippen molar-refractivity contribution in [3.05, 3.63) is 23.5 Å². The highest BCUT2D eigenvalue weighted by atomic mass is 19.4. The van der Waals surface area contributed by atoms with Gasteiger partial charge < -0.3 is 10.2 Å². The first-order chi connectivity index (χ1) is 5.96. The Morgan fingerprint density at radius 3 is 2.31 bits per heavy atom. The third kappa shape index (κ3) is 1.89. The van der Waals surface area contributed by atoms with Crippen molar-refractivity contribution in [2.75, 3.05) is 0 Å². The van der Waals surface area contributed by atoms with Gasteiger partial charge in [-0.1, -0.05) is 0 Å². The van der Waals surface area contributed by atoms with E-state index in [4.69, 9.17) is 10.2 Å². The first-order valence-electron chi connectivity index (χ1n) is 3.30.